The highest BCUT2D eigenvalue weighted by molar-refractivity contribution is 6.30. The van der Waals surface area contributed by atoms with Gasteiger partial charge in [0.15, 0.2) is 5.78 Å². The number of hydrogen-bond acceptors (Lipinski definition) is 2. The average Bonchev–Trinajstić information content (AvgIpc) is 2.57. The van der Waals surface area contributed by atoms with Gasteiger partial charge in [0.05, 0.1) is 0 Å². The maximum absolute atomic E-state index is 12.4. The Morgan fingerprint density at radius 1 is 1.12 bits per heavy atom. The molecular weight excluding hydrogens is 236 g/mol. The van der Waals surface area contributed by atoms with Crippen LogP contribution in [0, 0.1) is 5.41 Å². The molecule has 1 aromatic rings. The molecule has 0 aliphatic heterocycles. The Morgan fingerprint density at radius 3 is 2.53 bits per heavy atom. The first-order valence-corrected chi connectivity index (χ1v) is 6.33. The number of benzene rings is 1. The van der Waals surface area contributed by atoms with Crippen molar-refractivity contribution in [1.29, 1.82) is 0 Å². The van der Waals surface area contributed by atoms with Gasteiger partial charge in [-0.2, -0.15) is 0 Å². The number of Topliss-reactive ketones (excluding diaryl/α,β-unsaturated/α-hetero) is 2. The second kappa shape index (κ2) is 3.67. The zero-order valence-corrected chi connectivity index (χ0v) is 10.2. The molecule has 0 saturated heterocycles. The third-order valence-electron chi connectivity index (χ3n) is 4.09. The molecule has 2 nitrogen and oxygen atoms in total. The normalized spacial score (nSPS) is 21.9. The lowest BCUT2D eigenvalue weighted by atomic mass is 9.71. The van der Waals surface area contributed by atoms with Gasteiger partial charge >= 0.3 is 0 Å². The summed E-state index contributed by atoms with van der Waals surface area (Å²) in [5, 5.41) is 0.681. The summed E-state index contributed by atoms with van der Waals surface area (Å²) in [6.07, 6.45) is 3.27. The van der Waals surface area contributed by atoms with Gasteiger partial charge in [-0.1, -0.05) is 11.6 Å². The second-order valence-corrected chi connectivity index (χ2v) is 5.56. The largest absolute Gasteiger partial charge is 0.300 e. The summed E-state index contributed by atoms with van der Waals surface area (Å²) in [4.78, 5) is 23.7. The van der Waals surface area contributed by atoms with Crippen LogP contribution in [0.1, 0.15) is 41.6 Å². The van der Waals surface area contributed by atoms with Crippen molar-refractivity contribution in [2.45, 2.75) is 32.1 Å². The Morgan fingerprint density at radius 2 is 1.82 bits per heavy atom. The van der Waals surface area contributed by atoms with E-state index < -0.39 is 0 Å². The number of hydrogen-bond donors (Lipinski definition) is 0. The van der Waals surface area contributed by atoms with E-state index in [-0.39, 0.29) is 17.0 Å². The van der Waals surface area contributed by atoms with Crippen LogP contribution in [0.3, 0.4) is 0 Å². The Bertz CT molecular complexity index is 509. The average molecular weight is 249 g/mol. The summed E-state index contributed by atoms with van der Waals surface area (Å²) >= 11 is 5.96. The van der Waals surface area contributed by atoms with E-state index in [9.17, 15) is 9.59 Å². The molecule has 3 rings (SSSR count). The smallest absolute Gasteiger partial charge is 0.169 e. The molecule has 3 heteroatoms. The molecule has 0 unspecified atom stereocenters. The fraction of sp³-hybridized carbons (Fsp3) is 0.429. The minimum Gasteiger partial charge on any atom is -0.300 e. The summed E-state index contributed by atoms with van der Waals surface area (Å²) in [6, 6.07) is 5.48. The summed E-state index contributed by atoms with van der Waals surface area (Å²) < 4.78 is 0. The summed E-state index contributed by atoms with van der Waals surface area (Å²) in [7, 11) is 0. The van der Waals surface area contributed by atoms with Crippen molar-refractivity contribution >= 4 is 23.2 Å². The van der Waals surface area contributed by atoms with E-state index in [4.69, 9.17) is 11.6 Å². The van der Waals surface area contributed by atoms with E-state index in [2.05, 4.69) is 0 Å². The molecule has 0 aromatic heterocycles. The van der Waals surface area contributed by atoms with E-state index in [1.165, 1.54) is 0 Å². The van der Waals surface area contributed by atoms with Crippen molar-refractivity contribution in [2.24, 2.45) is 5.41 Å². The Labute approximate surface area is 105 Å². The lowest BCUT2D eigenvalue weighted by molar-refractivity contribution is -0.121. The maximum Gasteiger partial charge on any atom is 0.169 e. The van der Waals surface area contributed by atoms with Crippen molar-refractivity contribution in [2.75, 3.05) is 0 Å². The summed E-state index contributed by atoms with van der Waals surface area (Å²) in [5.41, 5.74) is 1.56. The van der Waals surface area contributed by atoms with Gasteiger partial charge in [0.25, 0.3) is 0 Å². The SMILES string of the molecule is O=C1CCC2(CC1)Cc1cc(Cl)ccc1C2=O. The summed E-state index contributed by atoms with van der Waals surface area (Å²) in [6.45, 7) is 0. The molecule has 1 saturated carbocycles. The van der Waals surface area contributed by atoms with Crippen molar-refractivity contribution in [1.82, 2.24) is 0 Å². The van der Waals surface area contributed by atoms with E-state index >= 15 is 0 Å². The first kappa shape index (κ1) is 11.0. The van der Waals surface area contributed by atoms with E-state index in [0.717, 1.165) is 17.5 Å². The first-order chi connectivity index (χ1) is 8.11. The van der Waals surface area contributed by atoms with Crippen molar-refractivity contribution in [3.63, 3.8) is 0 Å². The van der Waals surface area contributed by atoms with Gasteiger partial charge in [-0.3, -0.25) is 9.59 Å². The molecule has 0 N–H and O–H groups in total. The van der Waals surface area contributed by atoms with Crippen LogP contribution in [0.5, 0.6) is 0 Å². The second-order valence-electron chi connectivity index (χ2n) is 5.13. The van der Waals surface area contributed by atoms with Gasteiger partial charge in [-0.05, 0) is 43.0 Å². The van der Waals surface area contributed by atoms with Crippen LogP contribution in [-0.2, 0) is 11.2 Å². The Hall–Kier alpha value is -1.15. The zero-order chi connectivity index (χ0) is 12.0. The lowest BCUT2D eigenvalue weighted by Gasteiger charge is -2.30. The Kier molecular flexibility index (Phi) is 2.37. The number of rotatable bonds is 0. The third kappa shape index (κ3) is 1.62. The molecule has 2 aliphatic carbocycles. The quantitative estimate of drug-likeness (QED) is 0.707. The molecular formula is C14H13ClO2. The summed E-state index contributed by atoms with van der Waals surface area (Å²) in [5.74, 6) is 0.508. The number of halogens is 1. The number of carbonyl (C=O) groups is 2. The minimum absolute atomic E-state index is 0.219. The van der Waals surface area contributed by atoms with Crippen LogP contribution in [0.25, 0.3) is 0 Å². The fourth-order valence-electron chi connectivity index (χ4n) is 3.07. The molecule has 2 aliphatic rings. The zero-order valence-electron chi connectivity index (χ0n) is 9.46. The van der Waals surface area contributed by atoms with Gasteiger partial charge in [0.1, 0.15) is 5.78 Å². The molecule has 0 radical (unpaired) electrons. The highest BCUT2D eigenvalue weighted by Gasteiger charge is 2.46. The third-order valence-corrected chi connectivity index (χ3v) is 4.32. The van der Waals surface area contributed by atoms with Gasteiger partial charge < -0.3 is 0 Å². The topological polar surface area (TPSA) is 34.1 Å². The molecule has 1 fully saturated rings. The van der Waals surface area contributed by atoms with Gasteiger partial charge in [-0.25, -0.2) is 0 Å². The number of carbonyl (C=O) groups excluding carboxylic acids is 2. The molecule has 17 heavy (non-hydrogen) atoms. The van der Waals surface area contributed by atoms with E-state index in [1.54, 1.807) is 6.07 Å². The van der Waals surface area contributed by atoms with Crippen LogP contribution >= 0.6 is 11.6 Å². The number of ketones is 2. The molecule has 0 heterocycles. The Balaban J connectivity index is 1.98. The highest BCUT2D eigenvalue weighted by atomic mass is 35.5. The molecule has 1 aromatic carbocycles. The van der Waals surface area contributed by atoms with Crippen molar-refractivity contribution < 1.29 is 9.59 Å². The first-order valence-electron chi connectivity index (χ1n) is 5.96. The van der Waals surface area contributed by atoms with Crippen LogP contribution in [0.2, 0.25) is 5.02 Å². The molecule has 0 bridgehead atoms. The van der Waals surface area contributed by atoms with E-state index in [1.807, 2.05) is 12.1 Å². The van der Waals surface area contributed by atoms with Crippen LogP contribution in [-0.4, -0.2) is 11.6 Å². The lowest BCUT2D eigenvalue weighted by Crippen LogP contribution is -2.33. The molecule has 0 atom stereocenters. The number of fused-ring (bicyclic) bond motifs is 1. The predicted molar refractivity (Wildman–Crippen MR) is 65.4 cm³/mol. The van der Waals surface area contributed by atoms with Gasteiger partial charge in [-0.15, -0.1) is 0 Å². The monoisotopic (exact) mass is 248 g/mol. The maximum atomic E-state index is 12.4. The standard InChI is InChI=1S/C14H13ClO2/c15-10-1-2-12-9(7-10)8-14(13(12)17)5-3-11(16)4-6-14/h1-2,7H,3-6,8H2. The van der Waals surface area contributed by atoms with Crippen molar-refractivity contribution in [3.05, 3.63) is 34.3 Å². The fourth-order valence-corrected chi connectivity index (χ4v) is 3.27. The highest BCUT2D eigenvalue weighted by Crippen LogP contribution is 2.46. The van der Waals surface area contributed by atoms with E-state index in [0.29, 0.717) is 30.7 Å². The van der Waals surface area contributed by atoms with Gasteiger partial charge in [0.2, 0.25) is 0 Å². The van der Waals surface area contributed by atoms with Crippen LogP contribution in [0.15, 0.2) is 18.2 Å². The molecule has 0 amide bonds. The molecule has 88 valence electrons. The minimum atomic E-state index is -0.305. The molecule has 1 spiro atoms. The van der Waals surface area contributed by atoms with Crippen LogP contribution in [0.4, 0.5) is 0 Å². The van der Waals surface area contributed by atoms with Gasteiger partial charge in [0, 0.05) is 28.8 Å². The predicted octanol–water partition coefficient (Wildman–Crippen LogP) is 3.21. The van der Waals surface area contributed by atoms with Crippen LogP contribution < -0.4 is 0 Å². The van der Waals surface area contributed by atoms with Crippen molar-refractivity contribution in [3.8, 4) is 0 Å².